The van der Waals surface area contributed by atoms with Crippen molar-refractivity contribution >= 4 is 23.6 Å². The number of nitriles is 1. The Hall–Kier alpha value is -2.82. The van der Waals surface area contributed by atoms with Gasteiger partial charge in [0.2, 0.25) is 11.8 Å². The monoisotopic (exact) mass is 381 g/mol. The summed E-state index contributed by atoms with van der Waals surface area (Å²) < 4.78 is 0. The lowest BCUT2D eigenvalue weighted by molar-refractivity contribution is -0.153. The van der Waals surface area contributed by atoms with Crippen LogP contribution < -0.4 is 11.1 Å². The molecule has 6 nitrogen and oxygen atoms in total. The minimum absolute atomic E-state index is 0.374. The standard InChI is InChI=1S/C20H19N3O3S/c1-27-14-9-7-12(8-10-14)16-15(11-21)20(26,13-5-3-2-4-6-13)23-19(25)17(16)18(22)24/h2-10,15-17,26H,1H3,(H2,22,24)(H,23,25)/t15-,16-,17+,20+/m0/s1. The van der Waals surface area contributed by atoms with Crippen molar-refractivity contribution < 1.29 is 14.7 Å². The van der Waals surface area contributed by atoms with Crippen LogP contribution in [0.4, 0.5) is 0 Å². The molecule has 0 saturated carbocycles. The number of hydrogen-bond donors (Lipinski definition) is 3. The molecule has 0 aliphatic carbocycles. The molecule has 4 atom stereocenters. The van der Waals surface area contributed by atoms with Crippen molar-refractivity contribution in [1.29, 1.82) is 5.26 Å². The molecule has 0 bridgehead atoms. The molecule has 4 N–H and O–H groups in total. The third kappa shape index (κ3) is 3.29. The molecule has 2 aromatic rings. The number of amides is 2. The first-order valence-corrected chi connectivity index (χ1v) is 9.57. The zero-order valence-electron chi connectivity index (χ0n) is 14.6. The Labute approximate surface area is 161 Å². The van der Waals surface area contributed by atoms with Gasteiger partial charge in [0.25, 0.3) is 0 Å². The van der Waals surface area contributed by atoms with Crippen molar-refractivity contribution in [3.63, 3.8) is 0 Å². The highest BCUT2D eigenvalue weighted by molar-refractivity contribution is 7.98. The van der Waals surface area contributed by atoms with Crippen LogP contribution in [0.2, 0.25) is 0 Å². The first-order chi connectivity index (χ1) is 12.9. The molecular weight excluding hydrogens is 362 g/mol. The highest BCUT2D eigenvalue weighted by Crippen LogP contribution is 2.45. The number of nitrogens with two attached hydrogens (primary N) is 1. The molecule has 1 aliphatic heterocycles. The summed E-state index contributed by atoms with van der Waals surface area (Å²) in [7, 11) is 0. The lowest BCUT2D eigenvalue weighted by Gasteiger charge is -2.44. The number of hydrogen-bond acceptors (Lipinski definition) is 5. The molecule has 3 rings (SSSR count). The first-order valence-electron chi connectivity index (χ1n) is 8.35. The molecule has 27 heavy (non-hydrogen) atoms. The summed E-state index contributed by atoms with van der Waals surface area (Å²) in [5.74, 6) is -4.75. The van der Waals surface area contributed by atoms with E-state index in [0.29, 0.717) is 11.1 Å². The van der Waals surface area contributed by atoms with E-state index >= 15 is 0 Å². The predicted octanol–water partition coefficient (Wildman–Crippen LogP) is 1.71. The number of rotatable bonds is 4. The number of carbonyl (C=O) groups excluding carboxylic acids is 2. The van der Waals surface area contributed by atoms with Crippen molar-refractivity contribution in [2.45, 2.75) is 16.5 Å². The van der Waals surface area contributed by atoms with Crippen LogP contribution >= 0.6 is 11.8 Å². The SMILES string of the molecule is CSc1ccc([C@@H]2[C@H](C(N)=O)C(=O)N[C@@](O)(c3ccccc3)[C@H]2C#N)cc1. The van der Waals surface area contributed by atoms with Gasteiger partial charge in [0.05, 0.1) is 6.07 Å². The van der Waals surface area contributed by atoms with Crippen molar-refractivity contribution in [2.24, 2.45) is 17.6 Å². The van der Waals surface area contributed by atoms with Crippen LogP contribution in [0.5, 0.6) is 0 Å². The average Bonchev–Trinajstić information content (AvgIpc) is 2.68. The maximum atomic E-state index is 12.7. The van der Waals surface area contributed by atoms with Gasteiger partial charge < -0.3 is 16.2 Å². The highest BCUT2D eigenvalue weighted by atomic mass is 32.2. The summed E-state index contributed by atoms with van der Waals surface area (Å²) >= 11 is 1.55. The maximum Gasteiger partial charge on any atom is 0.235 e. The van der Waals surface area contributed by atoms with Crippen LogP contribution in [0.25, 0.3) is 0 Å². The summed E-state index contributed by atoms with van der Waals surface area (Å²) in [5, 5.41) is 23.6. The maximum absolute atomic E-state index is 12.7. The molecule has 1 heterocycles. The number of piperidine rings is 1. The number of nitrogens with zero attached hydrogens (tertiary/aromatic N) is 1. The van der Waals surface area contributed by atoms with Crippen LogP contribution in [0.3, 0.4) is 0 Å². The van der Waals surface area contributed by atoms with Gasteiger partial charge in [-0.1, -0.05) is 42.5 Å². The Kier molecular flexibility index (Phi) is 5.22. The van der Waals surface area contributed by atoms with Crippen LogP contribution in [-0.2, 0) is 15.3 Å². The minimum Gasteiger partial charge on any atom is -0.369 e. The summed E-state index contributed by atoms with van der Waals surface area (Å²) in [6.45, 7) is 0. The molecule has 138 valence electrons. The van der Waals surface area contributed by atoms with Gasteiger partial charge in [-0.3, -0.25) is 9.59 Å². The molecule has 0 radical (unpaired) electrons. The Balaban J connectivity index is 2.16. The Morgan fingerprint density at radius 3 is 2.37 bits per heavy atom. The smallest absolute Gasteiger partial charge is 0.235 e. The van der Waals surface area contributed by atoms with Crippen LogP contribution in [0, 0.1) is 23.2 Å². The van der Waals surface area contributed by atoms with Crippen molar-refractivity contribution in [2.75, 3.05) is 6.26 Å². The van der Waals surface area contributed by atoms with E-state index in [4.69, 9.17) is 5.73 Å². The molecule has 0 spiro atoms. The van der Waals surface area contributed by atoms with Crippen molar-refractivity contribution in [1.82, 2.24) is 5.32 Å². The summed E-state index contributed by atoms with van der Waals surface area (Å²) in [5.41, 5.74) is 4.54. The minimum atomic E-state index is -1.93. The van der Waals surface area contributed by atoms with Gasteiger partial charge in [0.15, 0.2) is 5.72 Å². The molecular formula is C20H19N3O3S. The average molecular weight is 381 g/mol. The Morgan fingerprint density at radius 1 is 1.22 bits per heavy atom. The van der Waals surface area contributed by atoms with Gasteiger partial charge in [-0.15, -0.1) is 11.8 Å². The number of thioether (sulfide) groups is 1. The fourth-order valence-electron chi connectivity index (χ4n) is 3.59. The van der Waals surface area contributed by atoms with Crippen LogP contribution in [0.15, 0.2) is 59.5 Å². The largest absolute Gasteiger partial charge is 0.369 e. The number of nitrogens with one attached hydrogen (secondary N) is 1. The fourth-order valence-corrected chi connectivity index (χ4v) is 4.00. The topological polar surface area (TPSA) is 116 Å². The fraction of sp³-hybridized carbons (Fsp3) is 0.250. The number of benzene rings is 2. The Bertz CT molecular complexity index is 895. The second-order valence-electron chi connectivity index (χ2n) is 6.41. The Morgan fingerprint density at radius 2 is 1.85 bits per heavy atom. The van der Waals surface area contributed by atoms with Gasteiger partial charge in [0.1, 0.15) is 11.8 Å². The first kappa shape index (κ1) is 19.0. The van der Waals surface area contributed by atoms with E-state index in [9.17, 15) is 20.0 Å². The zero-order valence-corrected chi connectivity index (χ0v) is 15.4. The molecule has 2 aromatic carbocycles. The molecule has 1 aliphatic rings. The number of aliphatic hydroxyl groups is 1. The van der Waals surface area contributed by atoms with Gasteiger partial charge in [0, 0.05) is 16.4 Å². The second kappa shape index (κ2) is 7.43. The zero-order chi connectivity index (χ0) is 19.6. The number of carbonyl (C=O) groups is 2. The van der Waals surface area contributed by atoms with Crippen molar-refractivity contribution in [3.05, 3.63) is 65.7 Å². The molecule has 0 unspecified atom stereocenters. The highest BCUT2D eigenvalue weighted by Gasteiger charge is 2.55. The molecule has 0 aromatic heterocycles. The third-order valence-electron chi connectivity index (χ3n) is 4.92. The van der Waals surface area contributed by atoms with E-state index in [2.05, 4.69) is 11.4 Å². The molecule has 1 saturated heterocycles. The van der Waals surface area contributed by atoms with Gasteiger partial charge in [-0.25, -0.2) is 0 Å². The van der Waals surface area contributed by atoms with E-state index in [-0.39, 0.29) is 0 Å². The van der Waals surface area contributed by atoms with Crippen molar-refractivity contribution in [3.8, 4) is 6.07 Å². The summed E-state index contributed by atoms with van der Waals surface area (Å²) in [6.07, 6.45) is 1.93. The van der Waals surface area contributed by atoms with E-state index in [1.807, 2.05) is 18.4 Å². The van der Waals surface area contributed by atoms with E-state index < -0.39 is 35.3 Å². The normalized spacial score (nSPS) is 27.4. The molecule has 7 heteroatoms. The molecule has 2 amide bonds. The van der Waals surface area contributed by atoms with E-state index in [0.717, 1.165) is 4.90 Å². The quantitative estimate of drug-likeness (QED) is 0.551. The van der Waals surface area contributed by atoms with Crippen LogP contribution in [0.1, 0.15) is 17.0 Å². The van der Waals surface area contributed by atoms with Gasteiger partial charge >= 0.3 is 0 Å². The van der Waals surface area contributed by atoms with E-state index in [1.165, 1.54) is 0 Å². The van der Waals surface area contributed by atoms with Gasteiger partial charge in [-0.2, -0.15) is 5.26 Å². The number of primary amides is 1. The molecule has 1 fully saturated rings. The second-order valence-corrected chi connectivity index (χ2v) is 7.29. The lowest BCUT2D eigenvalue weighted by Crippen LogP contribution is -2.62. The third-order valence-corrected chi connectivity index (χ3v) is 5.67. The summed E-state index contributed by atoms with van der Waals surface area (Å²) in [4.78, 5) is 25.8. The summed E-state index contributed by atoms with van der Waals surface area (Å²) in [6, 6.07) is 17.8. The van der Waals surface area contributed by atoms with E-state index in [1.54, 1.807) is 54.2 Å². The predicted molar refractivity (Wildman–Crippen MR) is 101 cm³/mol. The lowest BCUT2D eigenvalue weighted by atomic mass is 9.67. The van der Waals surface area contributed by atoms with Crippen LogP contribution in [-0.4, -0.2) is 23.2 Å². The van der Waals surface area contributed by atoms with Gasteiger partial charge in [-0.05, 0) is 24.0 Å².